The zero-order chi connectivity index (χ0) is 22.5. The van der Waals surface area contributed by atoms with Crippen molar-refractivity contribution in [3.05, 3.63) is 58.4 Å². The van der Waals surface area contributed by atoms with Crippen molar-refractivity contribution in [2.75, 3.05) is 18.1 Å². The number of nitrogens with zero attached hydrogens (tertiary/aromatic N) is 3. The minimum atomic E-state index is -3.90. The van der Waals surface area contributed by atoms with E-state index >= 15 is 0 Å². The van der Waals surface area contributed by atoms with Crippen LogP contribution in [0.3, 0.4) is 0 Å². The van der Waals surface area contributed by atoms with Crippen LogP contribution in [0.4, 0.5) is 5.69 Å². The molecular weight excluding hydrogens is 474 g/mol. The van der Waals surface area contributed by atoms with Crippen LogP contribution >= 0.6 is 22.9 Å². The highest BCUT2D eigenvalue weighted by Gasteiger charge is 2.29. The molecule has 0 spiro atoms. The Morgan fingerprint density at radius 1 is 1.09 bits per heavy atom. The molecule has 0 fully saturated rings. The van der Waals surface area contributed by atoms with E-state index in [-0.39, 0.29) is 17.6 Å². The van der Waals surface area contributed by atoms with Crippen LogP contribution in [0.25, 0.3) is 22.2 Å². The molecule has 1 aliphatic heterocycles. The summed E-state index contributed by atoms with van der Waals surface area (Å²) in [5, 5.41) is 6.17. The Bertz CT molecular complexity index is 1430. The molecule has 0 unspecified atom stereocenters. The molecule has 2 aromatic carbocycles. The number of halogens is 1. The van der Waals surface area contributed by atoms with Crippen molar-refractivity contribution >= 4 is 38.6 Å². The number of hydrogen-bond donors (Lipinski definition) is 0. The van der Waals surface area contributed by atoms with E-state index in [0.717, 1.165) is 5.56 Å². The van der Waals surface area contributed by atoms with Crippen molar-refractivity contribution in [2.45, 2.75) is 11.8 Å². The monoisotopic (exact) mass is 489 g/mol. The molecule has 11 heteroatoms. The molecule has 3 heterocycles. The van der Waals surface area contributed by atoms with Crippen LogP contribution in [0.15, 0.2) is 57.3 Å². The molecule has 1 aliphatic rings. The highest BCUT2D eigenvalue weighted by molar-refractivity contribution is 7.93. The van der Waals surface area contributed by atoms with Crippen LogP contribution in [0.5, 0.6) is 11.5 Å². The minimum absolute atomic E-state index is 0.0718. The molecular formula is C21H16ClN3O5S2. The molecule has 0 atom stereocenters. The summed E-state index contributed by atoms with van der Waals surface area (Å²) in [6.07, 6.45) is 0. The van der Waals surface area contributed by atoms with Crippen molar-refractivity contribution in [3.63, 3.8) is 0 Å². The maximum Gasteiger partial charge on any atom is 0.269 e. The Labute approximate surface area is 193 Å². The highest BCUT2D eigenvalue weighted by Crippen LogP contribution is 2.38. The molecule has 0 radical (unpaired) electrons. The zero-order valence-corrected chi connectivity index (χ0v) is 19.3. The molecule has 0 saturated carbocycles. The Hall–Kier alpha value is -3.08. The van der Waals surface area contributed by atoms with E-state index in [4.69, 9.17) is 25.6 Å². The topological polar surface area (TPSA) is 94.8 Å². The predicted molar refractivity (Wildman–Crippen MR) is 121 cm³/mol. The van der Waals surface area contributed by atoms with Crippen molar-refractivity contribution in [3.8, 4) is 33.7 Å². The maximum atomic E-state index is 13.4. The highest BCUT2D eigenvalue weighted by atomic mass is 35.5. The van der Waals surface area contributed by atoms with Gasteiger partial charge in [0.2, 0.25) is 12.6 Å². The summed E-state index contributed by atoms with van der Waals surface area (Å²) in [6.45, 7) is 2.01. The summed E-state index contributed by atoms with van der Waals surface area (Å²) < 4.78 is 44.0. The molecule has 0 amide bonds. The number of thiophene rings is 1. The van der Waals surface area contributed by atoms with Crippen LogP contribution in [-0.4, -0.2) is 32.4 Å². The number of anilines is 1. The van der Waals surface area contributed by atoms with E-state index in [2.05, 4.69) is 10.1 Å². The number of aryl methyl sites for hydroxylation is 1. The van der Waals surface area contributed by atoms with Crippen molar-refractivity contribution in [1.29, 1.82) is 0 Å². The van der Waals surface area contributed by atoms with Gasteiger partial charge in [0.15, 0.2) is 11.5 Å². The van der Waals surface area contributed by atoms with Crippen molar-refractivity contribution < 1.29 is 22.4 Å². The quantitative estimate of drug-likeness (QED) is 0.390. The first-order valence-electron chi connectivity index (χ1n) is 9.41. The van der Waals surface area contributed by atoms with Crippen LogP contribution < -0.4 is 13.8 Å². The van der Waals surface area contributed by atoms with Crippen molar-refractivity contribution in [1.82, 2.24) is 10.1 Å². The summed E-state index contributed by atoms with van der Waals surface area (Å²) >= 11 is 7.39. The van der Waals surface area contributed by atoms with Gasteiger partial charge in [-0.3, -0.25) is 4.31 Å². The lowest BCUT2D eigenvalue weighted by atomic mass is 10.2. The standard InChI is InChI=1S/C21H16ClN3O5S2/c1-12-3-5-14(10-15(12)22)25(2)32(26,27)18-7-8-31-19(18)21-23-20(24-30-21)13-4-6-16-17(9-13)29-11-28-16/h3-10H,11H2,1-2H3. The largest absolute Gasteiger partial charge is 0.454 e. The molecule has 0 N–H and O–H groups in total. The number of hydrogen-bond acceptors (Lipinski definition) is 8. The third-order valence-electron chi connectivity index (χ3n) is 5.04. The molecule has 164 valence electrons. The molecule has 2 aromatic heterocycles. The van der Waals surface area contributed by atoms with Crippen LogP contribution in [0.1, 0.15) is 5.56 Å². The average Bonchev–Trinajstić information content (AvgIpc) is 3.53. The molecule has 0 saturated heterocycles. The van der Waals surface area contributed by atoms with Gasteiger partial charge in [0, 0.05) is 17.6 Å². The van der Waals surface area contributed by atoms with Gasteiger partial charge in [0.1, 0.15) is 9.77 Å². The third kappa shape index (κ3) is 3.50. The number of ether oxygens (including phenoxy) is 2. The van der Waals surface area contributed by atoms with Crippen LogP contribution in [-0.2, 0) is 10.0 Å². The summed E-state index contributed by atoms with van der Waals surface area (Å²) in [5.74, 6) is 1.66. The van der Waals surface area contributed by atoms with Gasteiger partial charge in [0.05, 0.1) is 5.69 Å². The van der Waals surface area contributed by atoms with E-state index in [1.807, 2.05) is 6.92 Å². The Morgan fingerprint density at radius 2 is 1.91 bits per heavy atom. The number of benzene rings is 2. The predicted octanol–water partition coefficient (Wildman–Crippen LogP) is 4.98. The van der Waals surface area contributed by atoms with Gasteiger partial charge in [-0.1, -0.05) is 22.8 Å². The number of rotatable bonds is 5. The first-order valence-corrected chi connectivity index (χ1v) is 12.1. The fourth-order valence-corrected chi connectivity index (χ4v) is 5.87. The Kier molecular flexibility index (Phi) is 5.07. The van der Waals surface area contributed by atoms with Gasteiger partial charge >= 0.3 is 0 Å². The first-order chi connectivity index (χ1) is 15.3. The second kappa shape index (κ2) is 7.80. The maximum absolute atomic E-state index is 13.4. The van der Waals surface area contributed by atoms with Crippen molar-refractivity contribution in [2.24, 2.45) is 0 Å². The van der Waals surface area contributed by atoms with E-state index in [0.29, 0.717) is 38.5 Å². The summed E-state index contributed by atoms with van der Waals surface area (Å²) in [4.78, 5) is 4.84. The zero-order valence-electron chi connectivity index (χ0n) is 16.9. The smallest absolute Gasteiger partial charge is 0.269 e. The molecule has 32 heavy (non-hydrogen) atoms. The Balaban J connectivity index is 1.49. The van der Waals surface area contributed by atoms with E-state index in [9.17, 15) is 8.42 Å². The summed E-state index contributed by atoms with van der Waals surface area (Å²) in [5.41, 5.74) is 1.97. The molecule has 0 bridgehead atoms. The second-order valence-electron chi connectivity index (χ2n) is 7.01. The van der Waals surface area contributed by atoms with E-state index < -0.39 is 10.0 Å². The van der Waals surface area contributed by atoms with Gasteiger partial charge in [-0.25, -0.2) is 8.42 Å². The fourth-order valence-electron chi connectivity index (χ4n) is 3.19. The van der Waals surface area contributed by atoms with Gasteiger partial charge in [-0.2, -0.15) is 4.98 Å². The fraction of sp³-hybridized carbons (Fsp3) is 0.143. The number of aromatic nitrogens is 2. The molecule has 5 rings (SSSR count). The number of fused-ring (bicyclic) bond motifs is 1. The molecule has 0 aliphatic carbocycles. The molecule has 4 aromatic rings. The summed E-state index contributed by atoms with van der Waals surface area (Å²) in [6, 6.07) is 11.9. The Morgan fingerprint density at radius 3 is 2.72 bits per heavy atom. The number of sulfonamides is 1. The second-order valence-corrected chi connectivity index (χ2v) is 10.3. The normalized spacial score (nSPS) is 12.8. The van der Waals surface area contributed by atoms with E-state index in [1.165, 1.54) is 28.8 Å². The lowest BCUT2D eigenvalue weighted by Crippen LogP contribution is -2.26. The third-order valence-corrected chi connectivity index (χ3v) is 8.30. The van der Waals surface area contributed by atoms with Crippen LogP contribution in [0.2, 0.25) is 5.02 Å². The lowest BCUT2D eigenvalue weighted by Gasteiger charge is -2.20. The van der Waals surface area contributed by atoms with E-state index in [1.54, 1.807) is 41.8 Å². The minimum Gasteiger partial charge on any atom is -0.454 e. The van der Waals surface area contributed by atoms with Gasteiger partial charge < -0.3 is 14.0 Å². The van der Waals surface area contributed by atoms with Gasteiger partial charge in [-0.15, -0.1) is 11.3 Å². The summed E-state index contributed by atoms with van der Waals surface area (Å²) in [7, 11) is -2.42. The SMILES string of the molecule is Cc1ccc(N(C)S(=O)(=O)c2ccsc2-c2nc(-c3ccc4c(c3)OCO4)no2)cc1Cl. The molecule has 8 nitrogen and oxygen atoms in total. The first kappa shape index (κ1) is 20.8. The van der Waals surface area contributed by atoms with Crippen LogP contribution in [0, 0.1) is 6.92 Å². The van der Waals surface area contributed by atoms with Gasteiger partial charge in [-0.05, 0) is 54.3 Å². The van der Waals surface area contributed by atoms with Gasteiger partial charge in [0.25, 0.3) is 15.9 Å². The lowest BCUT2D eigenvalue weighted by molar-refractivity contribution is 0.174. The average molecular weight is 490 g/mol.